The van der Waals surface area contributed by atoms with E-state index in [1.165, 1.54) is 0 Å². The lowest BCUT2D eigenvalue weighted by molar-refractivity contribution is -0.492. The minimum Gasteiger partial charge on any atom is -0.480 e. The van der Waals surface area contributed by atoms with Crippen LogP contribution in [0.3, 0.4) is 0 Å². The van der Waals surface area contributed by atoms with Crippen LogP contribution in [0.2, 0.25) is 0 Å². The summed E-state index contributed by atoms with van der Waals surface area (Å²) in [4.78, 5) is 25.2. The van der Waals surface area contributed by atoms with Crippen molar-refractivity contribution in [2.45, 2.75) is 12.5 Å². The average molecular weight is 254 g/mol. The molecule has 100 valence electrons. The maximum absolute atomic E-state index is 10.8. The van der Waals surface area contributed by atoms with Crippen LogP contribution in [0.4, 0.5) is 4.79 Å². The Morgan fingerprint density at radius 2 is 1.88 bits per heavy atom. The van der Waals surface area contributed by atoms with E-state index in [1.807, 2.05) is 0 Å². The SMILES string of the molecule is NC(COC(=O)OCCCON(O)O)C(=O)O. The summed E-state index contributed by atoms with van der Waals surface area (Å²) in [5, 5.41) is 24.1. The molecule has 0 aromatic carbocycles. The zero-order valence-corrected chi connectivity index (χ0v) is 8.81. The van der Waals surface area contributed by atoms with Crippen molar-refractivity contribution in [2.75, 3.05) is 19.8 Å². The molecule has 0 aromatic heterocycles. The number of ether oxygens (including phenoxy) is 2. The number of aliphatic carboxylic acids is 1. The standard InChI is InChI=1S/C7H14N2O8/c8-5(6(10)11)4-16-7(12)15-2-1-3-17-9(13)14/h5,13-14H,1-4,8H2,(H,10,11). The van der Waals surface area contributed by atoms with Crippen molar-refractivity contribution in [3.05, 3.63) is 0 Å². The van der Waals surface area contributed by atoms with Gasteiger partial charge in [0.2, 0.25) is 0 Å². The van der Waals surface area contributed by atoms with Crippen LogP contribution in [0.1, 0.15) is 6.42 Å². The number of rotatable bonds is 8. The Kier molecular flexibility index (Phi) is 7.92. The van der Waals surface area contributed by atoms with Gasteiger partial charge >= 0.3 is 12.1 Å². The Balaban J connectivity index is 3.44. The summed E-state index contributed by atoms with van der Waals surface area (Å²) < 4.78 is 8.86. The third kappa shape index (κ3) is 9.47. The van der Waals surface area contributed by atoms with Gasteiger partial charge in [-0.05, 0) is 0 Å². The lowest BCUT2D eigenvalue weighted by Gasteiger charge is -2.09. The van der Waals surface area contributed by atoms with Gasteiger partial charge in [0, 0.05) is 6.42 Å². The lowest BCUT2D eigenvalue weighted by atomic mass is 10.3. The molecular weight excluding hydrogens is 240 g/mol. The minimum absolute atomic E-state index is 0.0883. The molecule has 0 spiro atoms. The van der Waals surface area contributed by atoms with Gasteiger partial charge in [-0.15, -0.1) is 0 Å². The quantitative estimate of drug-likeness (QED) is 0.240. The first-order chi connectivity index (χ1) is 7.93. The highest BCUT2D eigenvalue weighted by atomic mass is 17.1. The maximum atomic E-state index is 10.8. The van der Waals surface area contributed by atoms with Gasteiger partial charge in [0.15, 0.2) is 0 Å². The number of nitrogens with two attached hydrogens (primary N) is 1. The number of carbonyl (C=O) groups excluding carboxylic acids is 1. The fourth-order valence-electron chi connectivity index (χ4n) is 0.631. The van der Waals surface area contributed by atoms with Crippen LogP contribution in [-0.2, 0) is 19.1 Å². The van der Waals surface area contributed by atoms with Gasteiger partial charge in [-0.2, -0.15) is 0 Å². The predicted molar refractivity (Wildman–Crippen MR) is 48.9 cm³/mol. The molecular formula is C7H14N2O8. The molecule has 0 aliphatic carbocycles. The van der Waals surface area contributed by atoms with Gasteiger partial charge in [0.05, 0.1) is 18.6 Å². The largest absolute Gasteiger partial charge is 0.508 e. The van der Waals surface area contributed by atoms with Crippen LogP contribution in [0.25, 0.3) is 0 Å². The van der Waals surface area contributed by atoms with Crippen molar-refractivity contribution in [2.24, 2.45) is 5.73 Å². The molecule has 10 heteroatoms. The van der Waals surface area contributed by atoms with Crippen molar-refractivity contribution in [3.8, 4) is 0 Å². The van der Waals surface area contributed by atoms with Gasteiger partial charge < -0.3 is 20.3 Å². The second-order valence-corrected chi connectivity index (χ2v) is 2.79. The number of carboxylic acids is 1. The predicted octanol–water partition coefficient (Wildman–Crippen LogP) is -1.05. The molecule has 0 aromatic rings. The molecule has 0 rings (SSSR count). The highest BCUT2D eigenvalue weighted by Crippen LogP contribution is 1.91. The monoisotopic (exact) mass is 254 g/mol. The number of carbonyl (C=O) groups is 2. The Bertz CT molecular complexity index is 246. The molecule has 0 radical (unpaired) electrons. The second kappa shape index (κ2) is 8.66. The molecule has 0 saturated carbocycles. The van der Waals surface area contributed by atoms with Gasteiger partial charge in [0.25, 0.3) is 0 Å². The van der Waals surface area contributed by atoms with Crippen LogP contribution >= 0.6 is 0 Å². The van der Waals surface area contributed by atoms with Crippen molar-refractivity contribution < 1.29 is 39.4 Å². The molecule has 0 fully saturated rings. The molecule has 0 aliphatic heterocycles. The molecule has 1 atom stereocenters. The van der Waals surface area contributed by atoms with E-state index in [9.17, 15) is 9.59 Å². The lowest BCUT2D eigenvalue weighted by Crippen LogP contribution is -2.35. The topological polar surface area (TPSA) is 152 Å². The third-order valence-electron chi connectivity index (χ3n) is 1.41. The fraction of sp³-hybridized carbons (Fsp3) is 0.714. The summed E-state index contributed by atoms with van der Waals surface area (Å²) in [6.45, 7) is -0.671. The number of hydrogen-bond acceptors (Lipinski definition) is 9. The molecule has 5 N–H and O–H groups in total. The van der Waals surface area contributed by atoms with Crippen molar-refractivity contribution in [1.29, 1.82) is 0 Å². The molecule has 17 heavy (non-hydrogen) atoms. The van der Waals surface area contributed by atoms with Crippen LogP contribution < -0.4 is 5.73 Å². The number of nitrogens with zero attached hydrogens (tertiary/aromatic N) is 1. The summed E-state index contributed by atoms with van der Waals surface area (Å²) >= 11 is 0. The van der Waals surface area contributed by atoms with Crippen molar-refractivity contribution in [3.63, 3.8) is 0 Å². The molecule has 10 nitrogen and oxygen atoms in total. The average Bonchev–Trinajstić information content (AvgIpc) is 2.24. The van der Waals surface area contributed by atoms with Crippen LogP contribution in [0.15, 0.2) is 0 Å². The van der Waals surface area contributed by atoms with E-state index >= 15 is 0 Å². The van der Waals surface area contributed by atoms with Gasteiger partial charge in [-0.3, -0.25) is 20.0 Å². The highest BCUT2D eigenvalue weighted by molar-refractivity contribution is 5.73. The van der Waals surface area contributed by atoms with Crippen LogP contribution in [-0.4, -0.2) is 58.9 Å². The first-order valence-corrected chi connectivity index (χ1v) is 4.52. The van der Waals surface area contributed by atoms with Gasteiger partial charge in [-0.1, -0.05) is 0 Å². The molecule has 0 aliphatic rings. The number of carboxylic acid groups (broad SMARTS) is 1. The fourth-order valence-corrected chi connectivity index (χ4v) is 0.631. The van der Waals surface area contributed by atoms with E-state index in [-0.39, 0.29) is 19.6 Å². The zero-order chi connectivity index (χ0) is 13.3. The Hall–Kier alpha value is -1.46. The van der Waals surface area contributed by atoms with Crippen LogP contribution in [0, 0.1) is 0 Å². The summed E-state index contributed by atoms with van der Waals surface area (Å²) in [5.41, 5.74) is 5.06. The van der Waals surface area contributed by atoms with E-state index in [2.05, 4.69) is 14.3 Å². The summed E-state index contributed by atoms with van der Waals surface area (Å²) in [7, 11) is 0. The molecule has 0 bridgehead atoms. The Morgan fingerprint density at radius 3 is 2.41 bits per heavy atom. The third-order valence-corrected chi connectivity index (χ3v) is 1.41. The van der Waals surface area contributed by atoms with E-state index in [1.54, 1.807) is 0 Å². The summed E-state index contributed by atoms with van der Waals surface area (Å²) in [6.07, 6.45) is -0.871. The first kappa shape index (κ1) is 15.5. The summed E-state index contributed by atoms with van der Waals surface area (Å²) in [5.74, 6) is -1.29. The van der Waals surface area contributed by atoms with Crippen LogP contribution in [0.5, 0.6) is 0 Å². The van der Waals surface area contributed by atoms with Crippen molar-refractivity contribution in [1.82, 2.24) is 5.39 Å². The zero-order valence-electron chi connectivity index (χ0n) is 8.81. The highest BCUT2D eigenvalue weighted by Gasteiger charge is 2.14. The van der Waals surface area contributed by atoms with E-state index in [4.69, 9.17) is 21.3 Å². The Labute approximate surface area is 95.9 Å². The second-order valence-electron chi connectivity index (χ2n) is 2.79. The van der Waals surface area contributed by atoms with E-state index in [0.29, 0.717) is 0 Å². The van der Waals surface area contributed by atoms with E-state index < -0.39 is 30.2 Å². The normalized spacial score (nSPS) is 12.2. The Morgan fingerprint density at radius 1 is 1.24 bits per heavy atom. The molecule has 0 saturated heterocycles. The minimum atomic E-state index is -1.30. The van der Waals surface area contributed by atoms with Gasteiger partial charge in [-0.25, -0.2) is 4.79 Å². The number of hydrogen-bond donors (Lipinski definition) is 4. The van der Waals surface area contributed by atoms with E-state index in [0.717, 1.165) is 0 Å². The molecule has 0 amide bonds. The summed E-state index contributed by atoms with van der Waals surface area (Å²) in [6, 6.07) is -1.30. The molecule has 1 unspecified atom stereocenters. The molecule has 0 heterocycles. The smallest absolute Gasteiger partial charge is 0.480 e. The van der Waals surface area contributed by atoms with Gasteiger partial charge in [0.1, 0.15) is 12.6 Å². The first-order valence-electron chi connectivity index (χ1n) is 4.52. The maximum Gasteiger partial charge on any atom is 0.508 e. The van der Waals surface area contributed by atoms with Crippen molar-refractivity contribution >= 4 is 12.1 Å².